The van der Waals surface area contributed by atoms with E-state index in [-0.39, 0.29) is 5.41 Å². The lowest BCUT2D eigenvalue weighted by Gasteiger charge is -2.39. The lowest BCUT2D eigenvalue weighted by atomic mass is 9.74. The summed E-state index contributed by atoms with van der Waals surface area (Å²) in [6.45, 7) is 8.71. The van der Waals surface area contributed by atoms with Crippen molar-refractivity contribution in [1.82, 2.24) is 10.2 Å². The quantitative estimate of drug-likeness (QED) is 0.558. The van der Waals surface area contributed by atoms with Gasteiger partial charge in [0.2, 0.25) is 5.91 Å². The largest absolute Gasteiger partial charge is 0.345 e. The molecule has 0 atom stereocenters. The van der Waals surface area contributed by atoms with Gasteiger partial charge in [-0.3, -0.25) is 4.79 Å². The number of carbonyl (C=O) groups excluding carboxylic acids is 1. The van der Waals surface area contributed by atoms with Gasteiger partial charge < -0.3 is 10.2 Å². The van der Waals surface area contributed by atoms with Gasteiger partial charge in [-0.1, -0.05) is 19.4 Å². The summed E-state index contributed by atoms with van der Waals surface area (Å²) in [6, 6.07) is 0. The van der Waals surface area contributed by atoms with E-state index in [1.165, 1.54) is 0 Å². The van der Waals surface area contributed by atoms with Crippen LogP contribution in [0.15, 0.2) is 12.7 Å². The van der Waals surface area contributed by atoms with Gasteiger partial charge in [-0.2, -0.15) is 0 Å². The lowest BCUT2D eigenvalue weighted by molar-refractivity contribution is -0.143. The third kappa shape index (κ3) is 3.84. The average Bonchev–Trinajstić information content (AvgIpc) is 2.39. The Labute approximate surface area is 112 Å². The third-order valence-electron chi connectivity index (χ3n) is 3.99. The van der Waals surface area contributed by atoms with Gasteiger partial charge in [0.15, 0.2) is 0 Å². The summed E-state index contributed by atoms with van der Waals surface area (Å²) in [5.74, 6) is 0.356. The van der Waals surface area contributed by atoms with Gasteiger partial charge >= 0.3 is 0 Å². The number of piperidine rings is 1. The minimum Gasteiger partial charge on any atom is -0.345 e. The highest BCUT2D eigenvalue weighted by molar-refractivity contribution is 5.82. The summed E-state index contributed by atoms with van der Waals surface area (Å²) in [6.07, 6.45) is 8.03. The maximum atomic E-state index is 12.7. The molecule has 18 heavy (non-hydrogen) atoms. The van der Waals surface area contributed by atoms with Crippen molar-refractivity contribution in [3.63, 3.8) is 0 Å². The number of nitrogens with zero attached hydrogens (tertiary/aromatic N) is 1. The topological polar surface area (TPSA) is 32.3 Å². The zero-order chi connectivity index (χ0) is 13.4. The SMILES string of the molecule is C=CCCCN(C)C(=O)C1(CCC)CCNCC1. The van der Waals surface area contributed by atoms with Crippen LogP contribution in [0.5, 0.6) is 0 Å². The molecule has 0 bridgehead atoms. The van der Waals surface area contributed by atoms with E-state index in [2.05, 4.69) is 18.8 Å². The number of amides is 1. The van der Waals surface area contributed by atoms with Crippen molar-refractivity contribution in [2.45, 2.75) is 45.4 Å². The fourth-order valence-corrected chi connectivity index (χ4v) is 2.93. The molecule has 104 valence electrons. The highest BCUT2D eigenvalue weighted by atomic mass is 16.2. The molecule has 0 aliphatic carbocycles. The molecule has 0 saturated carbocycles. The van der Waals surface area contributed by atoms with Crippen molar-refractivity contribution >= 4 is 5.91 Å². The number of carbonyl (C=O) groups is 1. The summed E-state index contributed by atoms with van der Waals surface area (Å²) in [4.78, 5) is 14.6. The van der Waals surface area contributed by atoms with Crippen molar-refractivity contribution < 1.29 is 4.79 Å². The second kappa shape index (κ2) is 7.57. The van der Waals surface area contributed by atoms with Gasteiger partial charge in [0, 0.05) is 13.6 Å². The van der Waals surface area contributed by atoms with Crippen molar-refractivity contribution in [2.75, 3.05) is 26.7 Å². The predicted octanol–water partition coefficient (Wildman–Crippen LogP) is 2.58. The van der Waals surface area contributed by atoms with Gasteiger partial charge in [-0.15, -0.1) is 6.58 Å². The minimum absolute atomic E-state index is 0.0943. The number of allylic oxidation sites excluding steroid dienone is 1. The van der Waals surface area contributed by atoms with Gasteiger partial charge in [0.25, 0.3) is 0 Å². The molecule has 0 aromatic heterocycles. The molecule has 1 amide bonds. The summed E-state index contributed by atoms with van der Waals surface area (Å²) in [5.41, 5.74) is -0.0943. The zero-order valence-electron chi connectivity index (χ0n) is 12.0. The Bertz CT molecular complexity index is 264. The number of rotatable bonds is 7. The maximum Gasteiger partial charge on any atom is 0.228 e. The van der Waals surface area contributed by atoms with Crippen molar-refractivity contribution in [2.24, 2.45) is 5.41 Å². The summed E-state index contributed by atoms with van der Waals surface area (Å²) in [5, 5.41) is 3.36. The number of unbranched alkanes of at least 4 members (excludes halogenated alkanes) is 1. The summed E-state index contributed by atoms with van der Waals surface area (Å²) < 4.78 is 0. The predicted molar refractivity (Wildman–Crippen MR) is 76.5 cm³/mol. The van der Waals surface area contributed by atoms with Gasteiger partial charge in [0.1, 0.15) is 0 Å². The minimum atomic E-state index is -0.0943. The third-order valence-corrected chi connectivity index (χ3v) is 3.99. The molecule has 1 aliphatic rings. The van der Waals surface area contributed by atoms with E-state index in [1.807, 2.05) is 18.0 Å². The Kier molecular flexibility index (Phi) is 6.41. The first-order valence-electron chi connectivity index (χ1n) is 7.23. The molecule has 1 rings (SSSR count). The van der Waals surface area contributed by atoms with E-state index in [1.54, 1.807) is 0 Å². The lowest BCUT2D eigenvalue weighted by Crippen LogP contribution is -2.48. The standard InChI is InChI=1S/C15H28N2O/c1-4-6-7-13-17(3)14(18)15(8-5-2)9-11-16-12-10-15/h4,16H,1,5-13H2,2-3H3. The van der Waals surface area contributed by atoms with Crippen molar-refractivity contribution in [3.05, 3.63) is 12.7 Å². The van der Waals surface area contributed by atoms with Crippen LogP contribution in [-0.4, -0.2) is 37.5 Å². The fraction of sp³-hybridized carbons (Fsp3) is 0.800. The van der Waals surface area contributed by atoms with Crippen LogP contribution in [0, 0.1) is 5.41 Å². The van der Waals surface area contributed by atoms with E-state index in [9.17, 15) is 4.79 Å². The first-order chi connectivity index (χ1) is 8.66. The van der Waals surface area contributed by atoms with Crippen molar-refractivity contribution in [3.8, 4) is 0 Å². The fourth-order valence-electron chi connectivity index (χ4n) is 2.93. The second-order valence-electron chi connectivity index (χ2n) is 5.44. The number of hydrogen-bond acceptors (Lipinski definition) is 2. The number of hydrogen-bond donors (Lipinski definition) is 1. The molecular formula is C15H28N2O. The Morgan fingerprint density at radius 3 is 2.67 bits per heavy atom. The Morgan fingerprint density at radius 2 is 2.11 bits per heavy atom. The first kappa shape index (κ1) is 15.2. The molecule has 0 aromatic rings. The molecule has 0 unspecified atom stereocenters. The molecule has 0 radical (unpaired) electrons. The van der Waals surface area contributed by atoms with Crippen LogP contribution in [0.4, 0.5) is 0 Å². The highest BCUT2D eigenvalue weighted by Crippen LogP contribution is 2.35. The molecule has 1 saturated heterocycles. The monoisotopic (exact) mass is 252 g/mol. The summed E-state index contributed by atoms with van der Waals surface area (Å²) in [7, 11) is 1.95. The van der Waals surface area contributed by atoms with E-state index in [0.717, 1.165) is 58.2 Å². The van der Waals surface area contributed by atoms with Crippen LogP contribution in [0.25, 0.3) is 0 Å². The van der Waals surface area contributed by atoms with Crippen LogP contribution in [0.1, 0.15) is 45.4 Å². The zero-order valence-corrected chi connectivity index (χ0v) is 12.0. The first-order valence-corrected chi connectivity index (χ1v) is 7.23. The number of nitrogens with one attached hydrogen (secondary N) is 1. The second-order valence-corrected chi connectivity index (χ2v) is 5.44. The van der Waals surface area contributed by atoms with E-state index in [4.69, 9.17) is 0 Å². The molecule has 1 N–H and O–H groups in total. The molecule has 0 spiro atoms. The van der Waals surface area contributed by atoms with Crippen LogP contribution >= 0.6 is 0 Å². The molecule has 0 aromatic carbocycles. The average molecular weight is 252 g/mol. The van der Waals surface area contributed by atoms with Gasteiger partial charge in [-0.05, 0) is 45.2 Å². The summed E-state index contributed by atoms with van der Waals surface area (Å²) >= 11 is 0. The Morgan fingerprint density at radius 1 is 1.44 bits per heavy atom. The van der Waals surface area contributed by atoms with Gasteiger partial charge in [0.05, 0.1) is 5.41 Å². The van der Waals surface area contributed by atoms with E-state index < -0.39 is 0 Å². The normalized spacial score (nSPS) is 18.3. The Hall–Kier alpha value is -0.830. The van der Waals surface area contributed by atoms with E-state index >= 15 is 0 Å². The van der Waals surface area contributed by atoms with Crippen LogP contribution in [0.2, 0.25) is 0 Å². The maximum absolute atomic E-state index is 12.7. The molecular weight excluding hydrogens is 224 g/mol. The highest BCUT2D eigenvalue weighted by Gasteiger charge is 2.39. The van der Waals surface area contributed by atoms with Crippen molar-refractivity contribution in [1.29, 1.82) is 0 Å². The molecule has 1 aliphatic heterocycles. The molecule has 1 heterocycles. The van der Waals surface area contributed by atoms with Crippen LogP contribution in [-0.2, 0) is 4.79 Å². The molecule has 1 fully saturated rings. The van der Waals surface area contributed by atoms with Crippen LogP contribution < -0.4 is 5.32 Å². The van der Waals surface area contributed by atoms with Crippen LogP contribution in [0.3, 0.4) is 0 Å². The van der Waals surface area contributed by atoms with Gasteiger partial charge in [-0.25, -0.2) is 0 Å². The molecule has 3 nitrogen and oxygen atoms in total. The smallest absolute Gasteiger partial charge is 0.228 e. The Balaban J connectivity index is 2.60. The van der Waals surface area contributed by atoms with E-state index in [0.29, 0.717) is 5.91 Å². The molecule has 3 heteroatoms.